The van der Waals surface area contributed by atoms with Gasteiger partial charge in [0.25, 0.3) is 5.91 Å². The zero-order valence-electron chi connectivity index (χ0n) is 8.04. The molecule has 7 heteroatoms. The number of imidazole rings is 1. The highest BCUT2D eigenvalue weighted by Gasteiger charge is 2.20. The SMILES string of the molecule is Cn1cnc(C(=O)NC(CO)C(=O)O)c1. The quantitative estimate of drug-likeness (QED) is 0.570. The van der Waals surface area contributed by atoms with Gasteiger partial charge in [-0.05, 0) is 0 Å². The summed E-state index contributed by atoms with van der Waals surface area (Å²) >= 11 is 0. The molecule has 1 unspecified atom stereocenters. The summed E-state index contributed by atoms with van der Waals surface area (Å²) in [5, 5.41) is 19.4. The molecule has 0 aliphatic rings. The van der Waals surface area contributed by atoms with Gasteiger partial charge in [-0.25, -0.2) is 9.78 Å². The van der Waals surface area contributed by atoms with Crippen LogP contribution in [-0.4, -0.2) is 44.3 Å². The van der Waals surface area contributed by atoms with Gasteiger partial charge in [-0.15, -0.1) is 0 Å². The van der Waals surface area contributed by atoms with Gasteiger partial charge in [-0.1, -0.05) is 0 Å². The van der Waals surface area contributed by atoms with Crippen LogP contribution < -0.4 is 5.32 Å². The van der Waals surface area contributed by atoms with Crippen LogP contribution in [0.3, 0.4) is 0 Å². The average molecular weight is 213 g/mol. The molecular formula is C8H11N3O4. The van der Waals surface area contributed by atoms with E-state index < -0.39 is 24.5 Å². The summed E-state index contributed by atoms with van der Waals surface area (Å²) in [5.41, 5.74) is 0.109. The number of hydrogen-bond donors (Lipinski definition) is 3. The van der Waals surface area contributed by atoms with Gasteiger partial charge in [-0.3, -0.25) is 4.79 Å². The third-order valence-electron chi connectivity index (χ3n) is 1.72. The Bertz CT molecular complexity index is 374. The van der Waals surface area contributed by atoms with Crippen LogP contribution in [0.5, 0.6) is 0 Å². The molecule has 0 radical (unpaired) electrons. The van der Waals surface area contributed by atoms with Gasteiger partial charge >= 0.3 is 5.97 Å². The van der Waals surface area contributed by atoms with Crippen LogP contribution in [0.2, 0.25) is 0 Å². The number of carboxylic acid groups (broad SMARTS) is 1. The normalized spacial score (nSPS) is 12.1. The highest BCUT2D eigenvalue weighted by molar-refractivity contribution is 5.94. The molecule has 1 amide bonds. The lowest BCUT2D eigenvalue weighted by atomic mass is 10.3. The summed E-state index contributed by atoms with van der Waals surface area (Å²) < 4.78 is 1.56. The molecule has 0 bridgehead atoms. The maximum absolute atomic E-state index is 11.4. The van der Waals surface area contributed by atoms with Crippen molar-refractivity contribution >= 4 is 11.9 Å². The second-order valence-corrected chi connectivity index (χ2v) is 2.97. The number of carbonyl (C=O) groups excluding carboxylic acids is 1. The van der Waals surface area contributed by atoms with E-state index in [2.05, 4.69) is 10.3 Å². The van der Waals surface area contributed by atoms with E-state index in [1.165, 1.54) is 12.5 Å². The second-order valence-electron chi connectivity index (χ2n) is 2.97. The Morgan fingerprint density at radius 1 is 1.67 bits per heavy atom. The molecule has 0 saturated carbocycles. The number of aromatic nitrogens is 2. The summed E-state index contributed by atoms with van der Waals surface area (Å²) in [6.45, 7) is -0.659. The van der Waals surface area contributed by atoms with E-state index in [-0.39, 0.29) is 5.69 Å². The fourth-order valence-electron chi connectivity index (χ4n) is 0.948. The van der Waals surface area contributed by atoms with Crippen molar-refractivity contribution in [3.05, 3.63) is 18.2 Å². The summed E-state index contributed by atoms with van der Waals surface area (Å²) in [4.78, 5) is 25.6. The van der Waals surface area contributed by atoms with Gasteiger partial charge in [0.2, 0.25) is 0 Å². The van der Waals surface area contributed by atoms with Crippen molar-refractivity contribution in [2.75, 3.05) is 6.61 Å². The van der Waals surface area contributed by atoms with E-state index in [0.29, 0.717) is 0 Å². The molecule has 1 rings (SSSR count). The standard InChI is InChI=1S/C8H11N3O4/c1-11-2-5(9-4-11)7(13)10-6(3-12)8(14)15/h2,4,6,12H,3H2,1H3,(H,10,13)(H,14,15). The number of amides is 1. The number of hydrogen-bond acceptors (Lipinski definition) is 4. The third-order valence-corrected chi connectivity index (χ3v) is 1.72. The van der Waals surface area contributed by atoms with Crippen molar-refractivity contribution in [2.24, 2.45) is 7.05 Å². The molecule has 3 N–H and O–H groups in total. The van der Waals surface area contributed by atoms with Crippen molar-refractivity contribution in [1.82, 2.24) is 14.9 Å². The van der Waals surface area contributed by atoms with E-state index in [1.807, 2.05) is 0 Å². The van der Waals surface area contributed by atoms with Crippen LogP contribution in [0.1, 0.15) is 10.5 Å². The third kappa shape index (κ3) is 2.78. The lowest BCUT2D eigenvalue weighted by molar-refractivity contribution is -0.140. The first-order valence-electron chi connectivity index (χ1n) is 4.17. The zero-order valence-corrected chi connectivity index (χ0v) is 8.04. The van der Waals surface area contributed by atoms with Crippen LogP contribution in [0.4, 0.5) is 0 Å². The molecule has 15 heavy (non-hydrogen) atoms. The Kier molecular flexibility index (Phi) is 3.40. The largest absolute Gasteiger partial charge is 0.480 e. The van der Waals surface area contributed by atoms with Crippen molar-refractivity contribution in [3.8, 4) is 0 Å². The van der Waals surface area contributed by atoms with E-state index in [0.717, 1.165) is 0 Å². The van der Waals surface area contributed by atoms with Crippen LogP contribution >= 0.6 is 0 Å². The Hall–Kier alpha value is -1.89. The summed E-state index contributed by atoms with van der Waals surface area (Å²) in [5.74, 6) is -1.92. The highest BCUT2D eigenvalue weighted by atomic mass is 16.4. The van der Waals surface area contributed by atoms with Crippen LogP contribution in [0.25, 0.3) is 0 Å². The zero-order chi connectivity index (χ0) is 11.4. The lowest BCUT2D eigenvalue weighted by Crippen LogP contribution is -2.43. The number of aryl methyl sites for hydroxylation is 1. The summed E-state index contributed by atoms with van der Waals surface area (Å²) in [6, 6.07) is -1.31. The van der Waals surface area contributed by atoms with E-state index in [9.17, 15) is 9.59 Å². The van der Waals surface area contributed by atoms with Crippen molar-refractivity contribution in [3.63, 3.8) is 0 Å². The fraction of sp³-hybridized carbons (Fsp3) is 0.375. The van der Waals surface area contributed by atoms with Crippen molar-refractivity contribution < 1.29 is 19.8 Å². The summed E-state index contributed by atoms with van der Waals surface area (Å²) in [6.07, 6.45) is 2.87. The summed E-state index contributed by atoms with van der Waals surface area (Å²) in [7, 11) is 1.69. The molecule has 0 aromatic carbocycles. The first kappa shape index (κ1) is 11.2. The van der Waals surface area contributed by atoms with Gasteiger partial charge in [-0.2, -0.15) is 0 Å². The minimum absolute atomic E-state index is 0.109. The molecule has 1 aromatic heterocycles. The first-order valence-corrected chi connectivity index (χ1v) is 4.17. The minimum atomic E-state index is -1.31. The second kappa shape index (κ2) is 4.56. The lowest BCUT2D eigenvalue weighted by Gasteiger charge is -2.09. The number of nitrogens with zero attached hydrogens (tertiary/aromatic N) is 2. The first-order chi connectivity index (χ1) is 7.04. The van der Waals surface area contributed by atoms with Crippen molar-refractivity contribution in [2.45, 2.75) is 6.04 Å². The molecule has 1 atom stereocenters. The molecule has 7 nitrogen and oxygen atoms in total. The van der Waals surface area contributed by atoms with Gasteiger partial charge < -0.3 is 20.1 Å². The van der Waals surface area contributed by atoms with Gasteiger partial charge in [0.15, 0.2) is 6.04 Å². The monoisotopic (exact) mass is 213 g/mol. The smallest absolute Gasteiger partial charge is 0.328 e. The average Bonchev–Trinajstić information content (AvgIpc) is 2.60. The maximum atomic E-state index is 11.4. The van der Waals surface area contributed by atoms with Crippen LogP contribution in [0, 0.1) is 0 Å². The predicted molar refractivity (Wildman–Crippen MR) is 49.2 cm³/mol. The Labute approximate surface area is 85.4 Å². The highest BCUT2D eigenvalue weighted by Crippen LogP contribution is 1.95. The molecular weight excluding hydrogens is 202 g/mol. The number of carbonyl (C=O) groups is 2. The molecule has 1 heterocycles. The van der Waals surface area contributed by atoms with Gasteiger partial charge in [0.1, 0.15) is 5.69 Å². The minimum Gasteiger partial charge on any atom is -0.480 e. The fourth-order valence-corrected chi connectivity index (χ4v) is 0.948. The van der Waals surface area contributed by atoms with E-state index in [1.54, 1.807) is 11.6 Å². The molecule has 0 fully saturated rings. The maximum Gasteiger partial charge on any atom is 0.328 e. The van der Waals surface area contributed by atoms with Gasteiger partial charge in [0, 0.05) is 13.2 Å². The number of nitrogens with one attached hydrogen (secondary N) is 1. The molecule has 0 spiro atoms. The topological polar surface area (TPSA) is 104 Å². The molecule has 82 valence electrons. The number of aliphatic hydroxyl groups is 1. The predicted octanol–water partition coefficient (Wildman–Crippen LogP) is -1.40. The Morgan fingerprint density at radius 3 is 2.73 bits per heavy atom. The number of aliphatic carboxylic acids is 1. The van der Waals surface area contributed by atoms with E-state index in [4.69, 9.17) is 10.2 Å². The van der Waals surface area contributed by atoms with E-state index >= 15 is 0 Å². The molecule has 1 aromatic rings. The number of carboxylic acids is 1. The van der Waals surface area contributed by atoms with Gasteiger partial charge in [0.05, 0.1) is 12.9 Å². The Balaban J connectivity index is 2.66. The van der Waals surface area contributed by atoms with Crippen LogP contribution in [-0.2, 0) is 11.8 Å². The van der Waals surface area contributed by atoms with Crippen LogP contribution in [0.15, 0.2) is 12.5 Å². The number of aliphatic hydroxyl groups excluding tert-OH is 1. The molecule has 0 aliphatic heterocycles. The Morgan fingerprint density at radius 2 is 2.33 bits per heavy atom. The van der Waals surface area contributed by atoms with Crippen molar-refractivity contribution in [1.29, 1.82) is 0 Å². The molecule has 0 aliphatic carbocycles. The molecule has 0 saturated heterocycles. The number of rotatable bonds is 4.